The summed E-state index contributed by atoms with van der Waals surface area (Å²) in [4.78, 5) is 0. The Morgan fingerprint density at radius 2 is 2.10 bits per heavy atom. The van der Waals surface area contributed by atoms with Crippen molar-refractivity contribution in [2.45, 2.75) is 13.0 Å². The summed E-state index contributed by atoms with van der Waals surface area (Å²) in [6.45, 7) is 2.91. The number of aryl methyl sites for hydroxylation is 1. The third kappa shape index (κ3) is 3.22. The van der Waals surface area contributed by atoms with Crippen LogP contribution in [0.2, 0.25) is 0 Å². The first-order valence-corrected chi connectivity index (χ1v) is 7.54. The number of hydrogen-bond acceptors (Lipinski definition) is 4. The van der Waals surface area contributed by atoms with Crippen LogP contribution in [0.1, 0.15) is 24.2 Å². The number of nitrogens with one attached hydrogen (secondary N) is 1. The molecule has 0 aliphatic rings. The van der Waals surface area contributed by atoms with E-state index in [1.54, 1.807) is 20.4 Å². The fourth-order valence-electron chi connectivity index (χ4n) is 2.36. The van der Waals surface area contributed by atoms with Crippen molar-refractivity contribution in [2.24, 2.45) is 7.05 Å². The molecule has 1 atom stereocenters. The van der Waals surface area contributed by atoms with Crippen molar-refractivity contribution in [1.82, 2.24) is 15.1 Å². The van der Waals surface area contributed by atoms with Crippen LogP contribution in [-0.2, 0) is 7.05 Å². The third-order valence-electron chi connectivity index (χ3n) is 3.37. The highest BCUT2D eigenvalue weighted by atomic mass is 79.9. The average molecular weight is 354 g/mol. The maximum Gasteiger partial charge on any atom is 0.127 e. The number of aromatic nitrogens is 2. The predicted molar refractivity (Wildman–Crippen MR) is 86.0 cm³/mol. The molecule has 0 saturated heterocycles. The molecule has 21 heavy (non-hydrogen) atoms. The Morgan fingerprint density at radius 3 is 2.62 bits per heavy atom. The second-order valence-electron chi connectivity index (χ2n) is 4.60. The lowest BCUT2D eigenvalue weighted by Crippen LogP contribution is -2.25. The second kappa shape index (κ2) is 6.95. The molecule has 5 nitrogen and oxygen atoms in total. The van der Waals surface area contributed by atoms with Crippen LogP contribution < -0.4 is 14.8 Å². The lowest BCUT2D eigenvalue weighted by atomic mass is 10.0. The molecule has 0 spiro atoms. The number of hydrogen-bond donors (Lipinski definition) is 1. The van der Waals surface area contributed by atoms with Crippen LogP contribution in [0.25, 0.3) is 0 Å². The molecule has 2 aromatic rings. The number of ether oxygens (including phenoxy) is 2. The summed E-state index contributed by atoms with van der Waals surface area (Å²) in [5.74, 6) is 1.56. The highest BCUT2D eigenvalue weighted by Gasteiger charge is 2.23. The van der Waals surface area contributed by atoms with Gasteiger partial charge in [0.25, 0.3) is 0 Å². The van der Waals surface area contributed by atoms with E-state index >= 15 is 0 Å². The summed E-state index contributed by atoms with van der Waals surface area (Å²) in [5.41, 5.74) is 2.10. The van der Waals surface area contributed by atoms with Gasteiger partial charge in [-0.2, -0.15) is 5.10 Å². The van der Waals surface area contributed by atoms with Gasteiger partial charge in [0.2, 0.25) is 0 Å². The molecule has 0 amide bonds. The van der Waals surface area contributed by atoms with E-state index in [2.05, 4.69) is 33.3 Å². The zero-order valence-electron chi connectivity index (χ0n) is 12.7. The molecule has 0 aliphatic heterocycles. The summed E-state index contributed by atoms with van der Waals surface area (Å²) in [7, 11) is 5.24. The van der Waals surface area contributed by atoms with Crippen LogP contribution in [0, 0.1) is 0 Å². The van der Waals surface area contributed by atoms with E-state index in [4.69, 9.17) is 9.47 Å². The lowest BCUT2D eigenvalue weighted by molar-refractivity contribution is 0.386. The number of methoxy groups -OCH3 is 2. The van der Waals surface area contributed by atoms with Crippen molar-refractivity contribution in [3.63, 3.8) is 0 Å². The molecule has 114 valence electrons. The fraction of sp³-hybridized carbons (Fsp3) is 0.400. The molecule has 0 radical (unpaired) electrons. The minimum Gasteiger partial charge on any atom is -0.497 e. The Kier molecular flexibility index (Phi) is 5.25. The predicted octanol–water partition coefficient (Wildman–Crippen LogP) is 2.90. The maximum atomic E-state index is 5.53. The van der Waals surface area contributed by atoms with Gasteiger partial charge in [0.15, 0.2) is 0 Å². The first-order chi connectivity index (χ1) is 10.1. The quantitative estimate of drug-likeness (QED) is 0.867. The second-order valence-corrected chi connectivity index (χ2v) is 5.45. The van der Waals surface area contributed by atoms with Crippen LogP contribution >= 0.6 is 15.9 Å². The summed E-state index contributed by atoms with van der Waals surface area (Å²) in [6.07, 6.45) is 1.80. The highest BCUT2D eigenvalue weighted by Crippen LogP contribution is 2.35. The molecule has 1 unspecified atom stereocenters. The monoisotopic (exact) mass is 353 g/mol. The maximum absolute atomic E-state index is 5.53. The van der Waals surface area contributed by atoms with Crippen LogP contribution in [0.15, 0.2) is 28.9 Å². The Bertz CT molecular complexity index is 593. The normalized spacial score (nSPS) is 12.2. The number of halogens is 1. The summed E-state index contributed by atoms with van der Waals surface area (Å²) < 4.78 is 13.6. The van der Waals surface area contributed by atoms with Gasteiger partial charge in [-0.05, 0) is 34.6 Å². The smallest absolute Gasteiger partial charge is 0.127 e. The van der Waals surface area contributed by atoms with Gasteiger partial charge in [-0.1, -0.05) is 6.92 Å². The summed E-state index contributed by atoms with van der Waals surface area (Å²) in [5, 5.41) is 7.78. The molecule has 0 aliphatic carbocycles. The van der Waals surface area contributed by atoms with Gasteiger partial charge in [-0.3, -0.25) is 4.68 Å². The Balaban J connectivity index is 2.53. The van der Waals surface area contributed by atoms with Crippen molar-refractivity contribution < 1.29 is 9.47 Å². The van der Waals surface area contributed by atoms with E-state index in [1.807, 2.05) is 29.9 Å². The third-order valence-corrected chi connectivity index (χ3v) is 3.98. The van der Waals surface area contributed by atoms with E-state index in [1.165, 1.54) is 0 Å². The topological polar surface area (TPSA) is 48.3 Å². The molecule has 1 aromatic heterocycles. The first-order valence-electron chi connectivity index (χ1n) is 6.75. The molecule has 0 fully saturated rings. The number of rotatable bonds is 6. The van der Waals surface area contributed by atoms with E-state index in [0.717, 1.165) is 33.8 Å². The zero-order chi connectivity index (χ0) is 15.4. The Morgan fingerprint density at radius 1 is 1.33 bits per heavy atom. The molecule has 1 heterocycles. The van der Waals surface area contributed by atoms with Crippen molar-refractivity contribution >= 4 is 15.9 Å². The molecule has 6 heteroatoms. The average Bonchev–Trinajstić information content (AvgIpc) is 2.83. The van der Waals surface area contributed by atoms with Gasteiger partial charge in [-0.25, -0.2) is 0 Å². The van der Waals surface area contributed by atoms with E-state index in [-0.39, 0.29) is 6.04 Å². The molecule has 2 rings (SSSR count). The van der Waals surface area contributed by atoms with Crippen molar-refractivity contribution in [2.75, 3.05) is 20.8 Å². The SMILES string of the molecule is CCNC(c1ccc(OC)cc1OC)c1c(Br)cnn1C. The largest absolute Gasteiger partial charge is 0.497 e. The molecular weight excluding hydrogens is 334 g/mol. The molecule has 1 aromatic carbocycles. The molecule has 1 N–H and O–H groups in total. The zero-order valence-corrected chi connectivity index (χ0v) is 14.3. The van der Waals surface area contributed by atoms with E-state index in [9.17, 15) is 0 Å². The Hall–Kier alpha value is -1.53. The molecule has 0 saturated carbocycles. The summed E-state index contributed by atoms with van der Waals surface area (Å²) in [6, 6.07) is 5.83. The summed E-state index contributed by atoms with van der Waals surface area (Å²) >= 11 is 3.57. The van der Waals surface area contributed by atoms with Crippen LogP contribution in [-0.4, -0.2) is 30.5 Å². The lowest BCUT2D eigenvalue weighted by Gasteiger charge is -2.22. The van der Waals surface area contributed by atoms with Gasteiger partial charge >= 0.3 is 0 Å². The van der Waals surface area contributed by atoms with Crippen molar-refractivity contribution in [1.29, 1.82) is 0 Å². The molecule has 0 bridgehead atoms. The number of benzene rings is 1. The van der Waals surface area contributed by atoms with Gasteiger partial charge in [0, 0.05) is 18.7 Å². The van der Waals surface area contributed by atoms with E-state index in [0.29, 0.717) is 0 Å². The van der Waals surface area contributed by atoms with Gasteiger partial charge < -0.3 is 14.8 Å². The van der Waals surface area contributed by atoms with Crippen LogP contribution in [0.5, 0.6) is 11.5 Å². The molecular formula is C15H20BrN3O2. The Labute approximate surface area is 133 Å². The van der Waals surface area contributed by atoms with Gasteiger partial charge in [0.1, 0.15) is 11.5 Å². The minimum atomic E-state index is -0.0160. The van der Waals surface area contributed by atoms with Crippen molar-refractivity contribution in [3.8, 4) is 11.5 Å². The first kappa shape index (κ1) is 15.9. The minimum absolute atomic E-state index is 0.0160. The van der Waals surface area contributed by atoms with Crippen LogP contribution in [0.3, 0.4) is 0 Å². The van der Waals surface area contributed by atoms with Crippen molar-refractivity contribution in [3.05, 3.63) is 40.1 Å². The van der Waals surface area contributed by atoms with Gasteiger partial charge in [-0.15, -0.1) is 0 Å². The highest BCUT2D eigenvalue weighted by molar-refractivity contribution is 9.10. The number of nitrogens with zero attached hydrogens (tertiary/aromatic N) is 2. The van der Waals surface area contributed by atoms with E-state index < -0.39 is 0 Å². The van der Waals surface area contributed by atoms with Crippen LogP contribution in [0.4, 0.5) is 0 Å². The fourth-order valence-corrected chi connectivity index (χ4v) is 2.94. The van der Waals surface area contributed by atoms with Gasteiger partial charge in [0.05, 0.1) is 36.6 Å². The standard InChI is InChI=1S/C15H20BrN3O2/c1-5-17-14(15-12(16)9-18-19(15)2)11-7-6-10(20-3)8-13(11)21-4/h6-9,14,17H,5H2,1-4H3.